The monoisotopic (exact) mass is 455 g/mol. The predicted molar refractivity (Wildman–Crippen MR) is 123 cm³/mol. The molecule has 0 unspecified atom stereocenters. The van der Waals surface area contributed by atoms with E-state index < -0.39 is 0 Å². The van der Waals surface area contributed by atoms with E-state index in [4.69, 9.17) is 11.6 Å². The first-order valence-electron chi connectivity index (χ1n) is 10.6. The zero-order chi connectivity index (χ0) is 22.8. The minimum absolute atomic E-state index is 0.176. The lowest BCUT2D eigenvalue weighted by atomic mass is 9.89. The molecule has 1 fully saturated rings. The molecule has 0 atom stereocenters. The summed E-state index contributed by atoms with van der Waals surface area (Å²) in [5.74, 6) is -0.524. The van der Waals surface area contributed by atoms with Gasteiger partial charge in [-0.2, -0.15) is 0 Å². The molecule has 1 saturated heterocycles. The molecule has 3 aromatic rings. The van der Waals surface area contributed by atoms with E-state index in [1.807, 2.05) is 12.1 Å². The van der Waals surface area contributed by atoms with Crippen molar-refractivity contribution in [3.05, 3.63) is 87.7 Å². The second kappa shape index (κ2) is 9.25. The molecule has 0 aliphatic carbocycles. The fourth-order valence-corrected chi connectivity index (χ4v) is 4.25. The Kier molecular flexibility index (Phi) is 6.42. The molecule has 166 valence electrons. The smallest absolute Gasteiger partial charge is 0.257 e. The molecule has 0 spiro atoms. The number of halogens is 3. The maximum absolute atomic E-state index is 14.6. The first-order chi connectivity index (χ1) is 15.3. The third kappa shape index (κ3) is 4.46. The molecule has 0 saturated carbocycles. The fraction of sp³-hybridized carbons (Fsp3) is 0.280. The van der Waals surface area contributed by atoms with Gasteiger partial charge in [0.2, 0.25) is 0 Å². The molecule has 32 heavy (non-hydrogen) atoms. The van der Waals surface area contributed by atoms with E-state index in [-0.39, 0.29) is 34.3 Å². The van der Waals surface area contributed by atoms with Crippen molar-refractivity contribution in [1.29, 1.82) is 0 Å². The summed E-state index contributed by atoms with van der Waals surface area (Å²) >= 11 is 6.22. The lowest BCUT2D eigenvalue weighted by molar-refractivity contribution is 0.0713. The average Bonchev–Trinajstić information content (AvgIpc) is 2.80. The molecule has 4 rings (SSSR count). The molecule has 1 N–H and O–H groups in total. The predicted octanol–water partition coefficient (Wildman–Crippen LogP) is 6.39. The summed E-state index contributed by atoms with van der Waals surface area (Å²) in [5.41, 5.74) is 3.26. The van der Waals surface area contributed by atoms with Crippen molar-refractivity contribution in [2.45, 2.75) is 32.6 Å². The molecule has 1 aliphatic rings. The molecule has 2 heterocycles. The van der Waals surface area contributed by atoms with Crippen LogP contribution >= 0.6 is 11.6 Å². The van der Waals surface area contributed by atoms with Gasteiger partial charge in [0.25, 0.3) is 5.91 Å². The van der Waals surface area contributed by atoms with E-state index in [0.717, 1.165) is 18.4 Å². The number of rotatable bonds is 4. The normalized spacial score (nSPS) is 14.5. The highest BCUT2D eigenvalue weighted by Crippen LogP contribution is 2.33. The Labute approximate surface area is 191 Å². The van der Waals surface area contributed by atoms with Crippen LogP contribution in [0.25, 0.3) is 0 Å². The van der Waals surface area contributed by atoms with Crippen molar-refractivity contribution in [2.75, 3.05) is 18.4 Å². The average molecular weight is 456 g/mol. The third-order valence-corrected chi connectivity index (χ3v) is 6.45. The summed E-state index contributed by atoms with van der Waals surface area (Å²) in [6.45, 7) is 4.58. The second-order valence-electron chi connectivity index (χ2n) is 8.14. The Morgan fingerprint density at radius 3 is 2.47 bits per heavy atom. The van der Waals surface area contributed by atoms with Gasteiger partial charge in [0.1, 0.15) is 16.8 Å². The van der Waals surface area contributed by atoms with Crippen LogP contribution in [0.3, 0.4) is 0 Å². The number of piperidine rings is 1. The summed E-state index contributed by atoms with van der Waals surface area (Å²) in [5, 5.41) is 3.32. The first kappa shape index (κ1) is 22.2. The molecule has 1 aliphatic heterocycles. The zero-order valence-electron chi connectivity index (χ0n) is 18.0. The van der Waals surface area contributed by atoms with E-state index in [0.29, 0.717) is 35.5 Å². The van der Waals surface area contributed by atoms with E-state index in [1.54, 1.807) is 36.9 Å². The molecule has 7 heteroatoms. The summed E-state index contributed by atoms with van der Waals surface area (Å²) in [6.07, 6.45) is 3.01. The highest BCUT2D eigenvalue weighted by atomic mass is 35.5. The van der Waals surface area contributed by atoms with E-state index in [9.17, 15) is 13.6 Å². The van der Waals surface area contributed by atoms with Crippen LogP contribution in [0.1, 0.15) is 45.8 Å². The first-order valence-corrected chi connectivity index (χ1v) is 10.9. The highest BCUT2D eigenvalue weighted by molar-refractivity contribution is 6.30. The van der Waals surface area contributed by atoms with Gasteiger partial charge in [-0.1, -0.05) is 35.9 Å². The van der Waals surface area contributed by atoms with E-state index in [2.05, 4.69) is 10.3 Å². The van der Waals surface area contributed by atoms with Crippen LogP contribution in [0.15, 0.2) is 48.7 Å². The summed E-state index contributed by atoms with van der Waals surface area (Å²) in [7, 11) is 0. The molecule has 1 amide bonds. The Bertz CT molecular complexity index is 1140. The number of carbonyl (C=O) groups is 1. The van der Waals surface area contributed by atoms with Gasteiger partial charge in [-0.3, -0.25) is 4.79 Å². The van der Waals surface area contributed by atoms with Gasteiger partial charge in [-0.25, -0.2) is 13.8 Å². The Morgan fingerprint density at radius 1 is 1.09 bits per heavy atom. The molecule has 4 nitrogen and oxygen atoms in total. The maximum atomic E-state index is 14.6. The molecule has 0 radical (unpaired) electrons. The highest BCUT2D eigenvalue weighted by Gasteiger charge is 2.27. The van der Waals surface area contributed by atoms with Crippen LogP contribution in [0.4, 0.5) is 20.2 Å². The number of aryl methyl sites for hydroxylation is 1. The topological polar surface area (TPSA) is 45.2 Å². The number of likely N-dealkylation sites (tertiary alicyclic amines) is 1. The Hall–Kier alpha value is -2.99. The van der Waals surface area contributed by atoms with Crippen molar-refractivity contribution in [3.8, 4) is 0 Å². The maximum Gasteiger partial charge on any atom is 0.257 e. The van der Waals surface area contributed by atoms with Crippen LogP contribution in [0.5, 0.6) is 0 Å². The van der Waals surface area contributed by atoms with E-state index in [1.165, 1.54) is 18.3 Å². The molecule has 2 aromatic carbocycles. The summed E-state index contributed by atoms with van der Waals surface area (Å²) in [4.78, 5) is 19.3. The lowest BCUT2D eigenvalue weighted by Gasteiger charge is -2.33. The van der Waals surface area contributed by atoms with E-state index >= 15 is 0 Å². The second-order valence-corrected chi connectivity index (χ2v) is 8.50. The van der Waals surface area contributed by atoms with Crippen molar-refractivity contribution < 1.29 is 13.6 Å². The largest absolute Gasteiger partial charge is 0.352 e. The zero-order valence-corrected chi connectivity index (χ0v) is 18.7. The van der Waals surface area contributed by atoms with Crippen molar-refractivity contribution in [1.82, 2.24) is 9.88 Å². The number of pyridine rings is 1. The number of nitrogens with one attached hydrogen (secondary N) is 1. The fourth-order valence-electron chi connectivity index (χ4n) is 4.11. The number of aromatic nitrogens is 1. The van der Waals surface area contributed by atoms with Gasteiger partial charge in [0.05, 0.1) is 16.9 Å². The van der Waals surface area contributed by atoms with Gasteiger partial charge in [0, 0.05) is 24.8 Å². The standard InChI is InChI=1S/C25H24ClF2N3O/c1-15-4-3-5-21(22(15)28)30-23-16(2)24(26)29-14-20(23)25(32)31-12-10-18(11-13-31)17-6-8-19(27)9-7-17/h3-9,14,18H,10-13H2,1-2H3,(H,29,30). The Balaban J connectivity index is 1.56. The number of benzene rings is 2. The number of hydrogen-bond acceptors (Lipinski definition) is 3. The van der Waals surface area contributed by atoms with Crippen molar-refractivity contribution in [2.24, 2.45) is 0 Å². The Morgan fingerprint density at radius 2 is 1.78 bits per heavy atom. The summed E-state index contributed by atoms with van der Waals surface area (Å²) in [6, 6.07) is 11.6. The minimum Gasteiger partial charge on any atom is -0.352 e. The van der Waals surface area contributed by atoms with Crippen molar-refractivity contribution in [3.63, 3.8) is 0 Å². The van der Waals surface area contributed by atoms with Crippen LogP contribution in [-0.2, 0) is 0 Å². The van der Waals surface area contributed by atoms with Crippen LogP contribution in [0, 0.1) is 25.5 Å². The molecule has 0 bridgehead atoms. The SMILES string of the molecule is Cc1cccc(Nc2c(C(=O)N3CCC(c4ccc(F)cc4)CC3)cnc(Cl)c2C)c1F. The van der Waals surface area contributed by atoms with Crippen molar-refractivity contribution >= 4 is 28.9 Å². The number of hydrogen-bond donors (Lipinski definition) is 1. The number of nitrogens with zero attached hydrogens (tertiary/aromatic N) is 2. The van der Waals surface area contributed by atoms with Crippen LogP contribution < -0.4 is 5.32 Å². The van der Waals surface area contributed by atoms with Gasteiger partial charge in [-0.05, 0) is 61.9 Å². The number of amides is 1. The lowest BCUT2D eigenvalue weighted by Crippen LogP contribution is -2.38. The van der Waals surface area contributed by atoms with Gasteiger partial charge in [-0.15, -0.1) is 0 Å². The number of anilines is 2. The van der Waals surface area contributed by atoms with Crippen LogP contribution in [-0.4, -0.2) is 28.9 Å². The molecular formula is C25H24ClF2N3O. The third-order valence-electron chi connectivity index (χ3n) is 6.07. The quantitative estimate of drug-likeness (QED) is 0.463. The van der Waals surface area contributed by atoms with Gasteiger partial charge >= 0.3 is 0 Å². The number of carbonyl (C=O) groups excluding carboxylic acids is 1. The van der Waals surface area contributed by atoms with Crippen LogP contribution in [0.2, 0.25) is 5.15 Å². The van der Waals surface area contributed by atoms with Gasteiger partial charge in [0.15, 0.2) is 0 Å². The van der Waals surface area contributed by atoms with Gasteiger partial charge < -0.3 is 10.2 Å². The summed E-state index contributed by atoms with van der Waals surface area (Å²) < 4.78 is 27.8. The molecule has 1 aromatic heterocycles. The molecular weight excluding hydrogens is 432 g/mol. The minimum atomic E-state index is -0.377.